The monoisotopic (exact) mass is 319 g/mol. The molecule has 0 aliphatic carbocycles. The molecule has 0 aliphatic heterocycles. The van der Waals surface area contributed by atoms with Gasteiger partial charge in [-0.15, -0.1) is 0 Å². The number of aromatic carboxylic acids is 1. The van der Waals surface area contributed by atoms with E-state index in [1.54, 1.807) is 12.1 Å². The highest BCUT2D eigenvalue weighted by Gasteiger charge is 2.15. The molecule has 6 nitrogen and oxygen atoms in total. The fourth-order valence-electron chi connectivity index (χ4n) is 1.79. The van der Waals surface area contributed by atoms with Crippen LogP contribution in [-0.2, 0) is 10.0 Å². The zero-order valence-electron chi connectivity index (χ0n) is 11.6. The van der Waals surface area contributed by atoms with Gasteiger partial charge in [0, 0.05) is 11.3 Å². The molecule has 0 saturated carbocycles. The molecule has 0 aliphatic rings. The molecule has 0 heterocycles. The van der Waals surface area contributed by atoms with E-state index in [1.165, 1.54) is 43.3 Å². The first-order valence-electron chi connectivity index (χ1n) is 6.27. The molecule has 0 bridgehead atoms. The lowest BCUT2D eigenvalue weighted by atomic mass is 10.1. The van der Waals surface area contributed by atoms with Crippen molar-refractivity contribution in [3.05, 3.63) is 59.7 Å². The van der Waals surface area contributed by atoms with Gasteiger partial charge in [0.2, 0.25) is 0 Å². The molecule has 0 radical (unpaired) electrons. The summed E-state index contributed by atoms with van der Waals surface area (Å²) in [5, 5.41) is 8.80. The first-order valence-corrected chi connectivity index (χ1v) is 7.75. The number of anilines is 1. The van der Waals surface area contributed by atoms with Gasteiger partial charge in [-0.3, -0.25) is 9.52 Å². The second-order valence-corrected chi connectivity index (χ2v) is 6.25. The average Bonchev–Trinajstić information content (AvgIpc) is 2.47. The third-order valence-corrected chi connectivity index (χ3v) is 4.33. The molecule has 2 rings (SSSR count). The van der Waals surface area contributed by atoms with Crippen LogP contribution in [0.2, 0.25) is 0 Å². The van der Waals surface area contributed by atoms with Crippen LogP contribution in [0.15, 0.2) is 53.4 Å². The van der Waals surface area contributed by atoms with Crippen molar-refractivity contribution in [3.8, 4) is 0 Å². The Morgan fingerprint density at radius 3 is 2.18 bits per heavy atom. The fourth-order valence-corrected chi connectivity index (χ4v) is 2.84. The van der Waals surface area contributed by atoms with Crippen molar-refractivity contribution < 1.29 is 23.1 Å². The van der Waals surface area contributed by atoms with Crippen LogP contribution in [0.25, 0.3) is 0 Å². The number of Topliss-reactive ketones (excluding diaryl/α,β-unsaturated/α-hetero) is 1. The predicted octanol–water partition coefficient (Wildman–Crippen LogP) is 2.39. The molecule has 2 N–H and O–H groups in total. The molecule has 0 amide bonds. The van der Waals surface area contributed by atoms with E-state index in [1.807, 2.05) is 0 Å². The summed E-state index contributed by atoms with van der Waals surface area (Å²) in [6.07, 6.45) is 0. The molecular weight excluding hydrogens is 306 g/mol. The number of nitrogens with one attached hydrogen (secondary N) is 1. The van der Waals surface area contributed by atoms with Crippen LogP contribution in [0.3, 0.4) is 0 Å². The Labute approximate surface area is 127 Å². The molecule has 7 heteroatoms. The average molecular weight is 319 g/mol. The number of rotatable bonds is 5. The van der Waals surface area contributed by atoms with Gasteiger partial charge in [-0.25, -0.2) is 13.2 Å². The Morgan fingerprint density at radius 1 is 1.00 bits per heavy atom. The number of carboxylic acids is 1. The van der Waals surface area contributed by atoms with Gasteiger partial charge in [-0.05, 0) is 43.3 Å². The summed E-state index contributed by atoms with van der Waals surface area (Å²) in [4.78, 5) is 22.0. The molecule has 22 heavy (non-hydrogen) atoms. The zero-order valence-corrected chi connectivity index (χ0v) is 12.4. The van der Waals surface area contributed by atoms with Crippen LogP contribution < -0.4 is 4.72 Å². The van der Waals surface area contributed by atoms with E-state index in [2.05, 4.69) is 4.72 Å². The number of ketones is 1. The minimum Gasteiger partial charge on any atom is -0.478 e. The van der Waals surface area contributed by atoms with Crippen molar-refractivity contribution in [3.63, 3.8) is 0 Å². The third kappa shape index (κ3) is 3.50. The van der Waals surface area contributed by atoms with Crippen molar-refractivity contribution in [2.45, 2.75) is 11.8 Å². The van der Waals surface area contributed by atoms with Crippen LogP contribution in [0.5, 0.6) is 0 Å². The predicted molar refractivity (Wildman–Crippen MR) is 80.7 cm³/mol. The summed E-state index contributed by atoms with van der Waals surface area (Å²) in [5.41, 5.74) is 0.647. The maximum Gasteiger partial charge on any atom is 0.335 e. The summed E-state index contributed by atoms with van der Waals surface area (Å²) in [6, 6.07) is 11.0. The molecule has 0 atom stereocenters. The number of carbonyl (C=O) groups excluding carboxylic acids is 1. The normalized spacial score (nSPS) is 11.0. The largest absolute Gasteiger partial charge is 0.478 e. The fraction of sp³-hybridized carbons (Fsp3) is 0.0667. The molecule has 0 unspecified atom stereocenters. The Kier molecular flexibility index (Phi) is 4.27. The van der Waals surface area contributed by atoms with Gasteiger partial charge < -0.3 is 5.11 Å². The van der Waals surface area contributed by atoms with Gasteiger partial charge in [-0.2, -0.15) is 0 Å². The maximum absolute atomic E-state index is 12.2. The summed E-state index contributed by atoms with van der Waals surface area (Å²) in [5.74, 6) is -1.31. The van der Waals surface area contributed by atoms with Gasteiger partial charge in [-0.1, -0.05) is 12.1 Å². The molecule has 2 aromatic carbocycles. The molecule has 0 spiro atoms. The van der Waals surface area contributed by atoms with Crippen molar-refractivity contribution in [1.82, 2.24) is 0 Å². The molecule has 114 valence electrons. The summed E-state index contributed by atoms with van der Waals surface area (Å²) < 4.78 is 26.8. The number of hydrogen-bond acceptors (Lipinski definition) is 4. The molecule has 2 aromatic rings. The molecule has 0 fully saturated rings. The zero-order chi connectivity index (χ0) is 16.3. The lowest BCUT2D eigenvalue weighted by Gasteiger charge is -2.09. The highest BCUT2D eigenvalue weighted by atomic mass is 32.2. The lowest BCUT2D eigenvalue weighted by Crippen LogP contribution is -2.13. The van der Waals surface area contributed by atoms with Crippen molar-refractivity contribution >= 4 is 27.5 Å². The van der Waals surface area contributed by atoms with Crippen LogP contribution in [0.4, 0.5) is 5.69 Å². The smallest absolute Gasteiger partial charge is 0.335 e. The number of hydrogen-bond donors (Lipinski definition) is 2. The summed E-state index contributed by atoms with van der Waals surface area (Å²) >= 11 is 0. The van der Waals surface area contributed by atoms with E-state index in [9.17, 15) is 18.0 Å². The van der Waals surface area contributed by atoms with Gasteiger partial charge >= 0.3 is 5.97 Å². The van der Waals surface area contributed by atoms with E-state index in [0.29, 0.717) is 5.56 Å². The number of benzene rings is 2. The highest BCUT2D eigenvalue weighted by Crippen LogP contribution is 2.18. The maximum atomic E-state index is 12.2. The molecule has 0 saturated heterocycles. The SMILES string of the molecule is CC(=O)c1cccc(NS(=O)(=O)c2ccc(C(=O)O)cc2)c1. The van der Waals surface area contributed by atoms with Crippen LogP contribution >= 0.6 is 0 Å². The van der Waals surface area contributed by atoms with E-state index in [0.717, 1.165) is 0 Å². The van der Waals surface area contributed by atoms with E-state index in [-0.39, 0.29) is 21.9 Å². The molecular formula is C15H13NO5S. The topological polar surface area (TPSA) is 101 Å². The van der Waals surface area contributed by atoms with Crippen LogP contribution in [-0.4, -0.2) is 25.3 Å². The molecule has 0 aromatic heterocycles. The third-order valence-electron chi connectivity index (χ3n) is 2.93. The van der Waals surface area contributed by atoms with Crippen LogP contribution in [0.1, 0.15) is 27.6 Å². The standard InChI is InChI=1S/C15H13NO5S/c1-10(17)12-3-2-4-13(9-12)16-22(20,21)14-7-5-11(6-8-14)15(18)19/h2-9,16H,1H3,(H,18,19). The minimum absolute atomic E-state index is 0.00229. The number of sulfonamides is 1. The van der Waals surface area contributed by atoms with Gasteiger partial charge in [0.15, 0.2) is 5.78 Å². The van der Waals surface area contributed by atoms with Crippen molar-refractivity contribution in [2.75, 3.05) is 4.72 Å². The Hall–Kier alpha value is -2.67. The summed E-state index contributed by atoms with van der Waals surface area (Å²) in [7, 11) is -3.85. The van der Waals surface area contributed by atoms with Crippen molar-refractivity contribution in [1.29, 1.82) is 0 Å². The Morgan fingerprint density at radius 2 is 1.64 bits per heavy atom. The number of carbonyl (C=O) groups is 2. The summed E-state index contributed by atoms with van der Waals surface area (Å²) in [6.45, 7) is 1.39. The van der Waals surface area contributed by atoms with Crippen LogP contribution in [0, 0.1) is 0 Å². The quantitative estimate of drug-likeness (QED) is 0.824. The van der Waals surface area contributed by atoms with Gasteiger partial charge in [0.05, 0.1) is 10.5 Å². The second kappa shape index (κ2) is 5.98. The lowest BCUT2D eigenvalue weighted by molar-refractivity contribution is 0.0696. The van der Waals surface area contributed by atoms with Gasteiger partial charge in [0.25, 0.3) is 10.0 Å². The van der Waals surface area contributed by atoms with E-state index >= 15 is 0 Å². The first kappa shape index (κ1) is 15.7. The second-order valence-electron chi connectivity index (χ2n) is 4.57. The Bertz CT molecular complexity index is 825. The van der Waals surface area contributed by atoms with E-state index < -0.39 is 16.0 Å². The number of carboxylic acid groups (broad SMARTS) is 1. The van der Waals surface area contributed by atoms with Gasteiger partial charge in [0.1, 0.15) is 0 Å². The van der Waals surface area contributed by atoms with E-state index in [4.69, 9.17) is 5.11 Å². The van der Waals surface area contributed by atoms with Crippen molar-refractivity contribution in [2.24, 2.45) is 0 Å². The minimum atomic E-state index is -3.85. The Balaban J connectivity index is 2.29. The first-order chi connectivity index (χ1) is 10.3. The highest BCUT2D eigenvalue weighted by molar-refractivity contribution is 7.92.